The van der Waals surface area contributed by atoms with E-state index in [1.165, 1.54) is 11.3 Å². The molecule has 34 heavy (non-hydrogen) atoms. The Hall–Kier alpha value is -3.69. The standard InChI is InChI=1S/C25H27N5O3S/c1-30(2)14-4-15-33-20-11-7-18(8-12-20)23-27-21(17-5-9-19(32-3)10-6-17)22(28-23)24(31)29-25-26-13-16-34-25/h5-13,16H,4,14-15H2,1-3H3,(H,27,28)(H,26,29,31). The number of amides is 1. The lowest BCUT2D eigenvalue weighted by Crippen LogP contribution is -2.15. The van der Waals surface area contributed by atoms with Crippen LogP contribution in [0.4, 0.5) is 5.13 Å². The van der Waals surface area contributed by atoms with Gasteiger partial charge in [0.2, 0.25) is 0 Å². The Morgan fingerprint density at radius 3 is 2.41 bits per heavy atom. The number of benzene rings is 2. The minimum atomic E-state index is -0.305. The van der Waals surface area contributed by atoms with Crippen LogP contribution in [0.25, 0.3) is 22.6 Å². The van der Waals surface area contributed by atoms with Crippen molar-refractivity contribution in [2.24, 2.45) is 0 Å². The topological polar surface area (TPSA) is 92.4 Å². The van der Waals surface area contributed by atoms with E-state index in [1.54, 1.807) is 13.3 Å². The Morgan fingerprint density at radius 1 is 1.06 bits per heavy atom. The molecule has 0 bridgehead atoms. The first-order chi connectivity index (χ1) is 16.5. The number of carbonyl (C=O) groups excluding carboxylic acids is 1. The number of aromatic amines is 1. The Labute approximate surface area is 202 Å². The monoisotopic (exact) mass is 477 g/mol. The minimum absolute atomic E-state index is 0.305. The fourth-order valence-electron chi connectivity index (χ4n) is 3.36. The van der Waals surface area contributed by atoms with Crippen LogP contribution in [0.5, 0.6) is 11.5 Å². The van der Waals surface area contributed by atoms with Gasteiger partial charge in [0.1, 0.15) is 28.7 Å². The first kappa shape index (κ1) is 23.5. The van der Waals surface area contributed by atoms with E-state index in [-0.39, 0.29) is 5.91 Å². The van der Waals surface area contributed by atoms with E-state index in [2.05, 4.69) is 20.2 Å². The lowest BCUT2D eigenvalue weighted by Gasteiger charge is -2.10. The van der Waals surface area contributed by atoms with E-state index >= 15 is 0 Å². The maximum atomic E-state index is 13.1. The van der Waals surface area contributed by atoms with Gasteiger partial charge in [0.15, 0.2) is 5.13 Å². The van der Waals surface area contributed by atoms with Gasteiger partial charge in [0.25, 0.3) is 5.91 Å². The zero-order valence-corrected chi connectivity index (χ0v) is 20.2. The van der Waals surface area contributed by atoms with Gasteiger partial charge in [-0.25, -0.2) is 9.97 Å². The number of hydrogen-bond acceptors (Lipinski definition) is 7. The van der Waals surface area contributed by atoms with E-state index in [9.17, 15) is 4.79 Å². The fourth-order valence-corrected chi connectivity index (χ4v) is 3.88. The number of hydrogen-bond donors (Lipinski definition) is 2. The maximum Gasteiger partial charge on any atom is 0.276 e. The summed E-state index contributed by atoms with van der Waals surface area (Å²) >= 11 is 1.36. The summed E-state index contributed by atoms with van der Waals surface area (Å²) in [6.45, 7) is 1.63. The Balaban J connectivity index is 1.58. The lowest BCUT2D eigenvalue weighted by molar-refractivity contribution is 0.102. The Bertz CT molecular complexity index is 1200. The molecule has 0 saturated heterocycles. The van der Waals surface area contributed by atoms with Gasteiger partial charge in [-0.3, -0.25) is 10.1 Å². The zero-order chi connectivity index (χ0) is 23.9. The number of H-pyrrole nitrogens is 1. The van der Waals surface area contributed by atoms with Gasteiger partial charge < -0.3 is 19.4 Å². The van der Waals surface area contributed by atoms with Crippen LogP contribution in [-0.2, 0) is 0 Å². The number of ether oxygens (including phenoxy) is 2. The normalized spacial score (nSPS) is 10.9. The third-order valence-corrected chi connectivity index (χ3v) is 5.78. The van der Waals surface area contributed by atoms with Crippen molar-refractivity contribution in [2.45, 2.75) is 6.42 Å². The van der Waals surface area contributed by atoms with Gasteiger partial charge in [0.05, 0.1) is 13.7 Å². The SMILES string of the molecule is COc1ccc(-c2nc(-c3ccc(OCCCN(C)C)cc3)[nH]c2C(=O)Nc2nccs2)cc1. The highest BCUT2D eigenvalue weighted by molar-refractivity contribution is 7.13. The predicted octanol–water partition coefficient (Wildman–Crippen LogP) is 4.79. The van der Waals surface area contributed by atoms with Crippen LogP contribution in [-0.4, -0.2) is 60.1 Å². The first-order valence-corrected chi connectivity index (χ1v) is 11.7. The molecule has 0 unspecified atom stereocenters. The molecule has 8 nitrogen and oxygen atoms in total. The third-order valence-electron chi connectivity index (χ3n) is 5.09. The Kier molecular flexibility index (Phi) is 7.56. The second-order valence-corrected chi connectivity index (χ2v) is 8.75. The van der Waals surface area contributed by atoms with Crippen molar-refractivity contribution in [3.8, 4) is 34.1 Å². The minimum Gasteiger partial charge on any atom is -0.497 e. The number of imidazole rings is 1. The van der Waals surface area contributed by atoms with Crippen LogP contribution in [0.3, 0.4) is 0 Å². The van der Waals surface area contributed by atoms with Crippen LogP contribution in [0.1, 0.15) is 16.9 Å². The molecule has 0 saturated carbocycles. The fraction of sp³-hybridized carbons (Fsp3) is 0.240. The van der Waals surface area contributed by atoms with E-state index < -0.39 is 0 Å². The molecule has 2 heterocycles. The summed E-state index contributed by atoms with van der Waals surface area (Å²) in [4.78, 5) is 27.3. The van der Waals surface area contributed by atoms with Crippen LogP contribution >= 0.6 is 11.3 Å². The second kappa shape index (κ2) is 11.0. The Morgan fingerprint density at radius 2 is 1.76 bits per heavy atom. The smallest absolute Gasteiger partial charge is 0.276 e. The van der Waals surface area contributed by atoms with E-state index in [0.717, 1.165) is 35.6 Å². The first-order valence-electron chi connectivity index (χ1n) is 10.9. The molecule has 2 aromatic carbocycles. The van der Waals surface area contributed by atoms with Crippen LogP contribution in [0.15, 0.2) is 60.1 Å². The van der Waals surface area contributed by atoms with Crippen molar-refractivity contribution < 1.29 is 14.3 Å². The predicted molar refractivity (Wildman–Crippen MR) is 135 cm³/mol. The van der Waals surface area contributed by atoms with Gasteiger partial charge in [-0.2, -0.15) is 0 Å². The number of nitrogens with one attached hydrogen (secondary N) is 2. The average molecular weight is 478 g/mol. The molecule has 0 radical (unpaired) electrons. The summed E-state index contributed by atoms with van der Waals surface area (Å²) in [6.07, 6.45) is 2.60. The molecule has 0 fully saturated rings. The third kappa shape index (κ3) is 5.81. The summed E-state index contributed by atoms with van der Waals surface area (Å²) in [5.74, 6) is 1.82. The average Bonchev–Trinajstić information content (AvgIpc) is 3.52. The molecule has 0 atom stereocenters. The molecule has 0 aliphatic carbocycles. The van der Waals surface area contributed by atoms with Crippen LogP contribution in [0, 0.1) is 0 Å². The highest BCUT2D eigenvalue weighted by Crippen LogP contribution is 2.29. The number of aromatic nitrogens is 3. The molecule has 1 amide bonds. The highest BCUT2D eigenvalue weighted by atomic mass is 32.1. The molecule has 0 aliphatic heterocycles. The number of nitrogens with zero attached hydrogens (tertiary/aromatic N) is 3. The lowest BCUT2D eigenvalue weighted by atomic mass is 10.1. The molecule has 2 aromatic heterocycles. The number of rotatable bonds is 10. The van der Waals surface area contributed by atoms with Crippen molar-refractivity contribution in [1.82, 2.24) is 19.9 Å². The summed E-state index contributed by atoms with van der Waals surface area (Å²) in [5.41, 5.74) is 2.56. The summed E-state index contributed by atoms with van der Waals surface area (Å²) in [6, 6.07) is 15.1. The highest BCUT2D eigenvalue weighted by Gasteiger charge is 2.20. The molecule has 4 rings (SSSR count). The van der Waals surface area contributed by atoms with Crippen molar-refractivity contribution in [2.75, 3.05) is 39.7 Å². The van der Waals surface area contributed by atoms with Gasteiger partial charge in [-0.05, 0) is 69.0 Å². The van der Waals surface area contributed by atoms with Gasteiger partial charge in [0, 0.05) is 29.2 Å². The number of methoxy groups -OCH3 is 1. The summed E-state index contributed by atoms with van der Waals surface area (Å²) in [7, 11) is 5.71. The van der Waals surface area contributed by atoms with Gasteiger partial charge in [-0.1, -0.05) is 0 Å². The molecular weight excluding hydrogens is 450 g/mol. The molecule has 4 aromatic rings. The van der Waals surface area contributed by atoms with Crippen molar-refractivity contribution in [3.63, 3.8) is 0 Å². The molecule has 0 spiro atoms. The molecule has 0 aliphatic rings. The molecule has 176 valence electrons. The molecular formula is C25H27N5O3S. The second-order valence-electron chi connectivity index (χ2n) is 7.86. The van der Waals surface area contributed by atoms with E-state index in [4.69, 9.17) is 14.5 Å². The summed E-state index contributed by atoms with van der Waals surface area (Å²) < 4.78 is 11.1. The molecule has 9 heteroatoms. The quantitative estimate of drug-likeness (QED) is 0.319. The molecule has 2 N–H and O–H groups in total. The number of carbonyl (C=O) groups is 1. The van der Waals surface area contributed by atoms with Crippen LogP contribution < -0.4 is 14.8 Å². The number of thiazole rings is 1. The van der Waals surface area contributed by atoms with Gasteiger partial charge >= 0.3 is 0 Å². The maximum absolute atomic E-state index is 13.1. The van der Waals surface area contributed by atoms with E-state index in [1.807, 2.05) is 68.0 Å². The summed E-state index contributed by atoms with van der Waals surface area (Å²) in [5, 5.41) is 5.16. The van der Waals surface area contributed by atoms with Crippen molar-refractivity contribution in [3.05, 3.63) is 65.8 Å². The van der Waals surface area contributed by atoms with Crippen molar-refractivity contribution in [1.29, 1.82) is 0 Å². The van der Waals surface area contributed by atoms with Crippen LogP contribution in [0.2, 0.25) is 0 Å². The number of anilines is 1. The van der Waals surface area contributed by atoms with Gasteiger partial charge in [-0.15, -0.1) is 11.3 Å². The van der Waals surface area contributed by atoms with Crippen molar-refractivity contribution >= 4 is 22.4 Å². The largest absolute Gasteiger partial charge is 0.497 e. The zero-order valence-electron chi connectivity index (χ0n) is 19.4. The van der Waals surface area contributed by atoms with E-state index in [0.29, 0.717) is 29.0 Å².